The average molecular weight is 364 g/mol. The number of aliphatic imine (C=N–C) groups is 1. The molecule has 0 aromatic carbocycles. The minimum Gasteiger partial charge on any atom is -0.294 e. The first kappa shape index (κ1) is 15.7. The molecule has 1 aromatic heterocycles. The van der Waals surface area contributed by atoms with Crippen molar-refractivity contribution >= 4 is 27.7 Å². The number of carbonyl (C=O) groups is 1. The molecule has 0 N–H and O–H groups in total. The minimum atomic E-state index is -0.439. The van der Waals surface area contributed by atoms with Crippen LogP contribution in [0.25, 0.3) is 0 Å². The number of nitrogens with zero attached hydrogens (tertiary/aromatic N) is 3. The number of carbonyl (C=O) groups excluding carboxylic acids is 1. The predicted octanol–water partition coefficient (Wildman–Crippen LogP) is 4.09. The maximum Gasteiger partial charge on any atom is 0.256 e. The summed E-state index contributed by atoms with van der Waals surface area (Å²) in [6, 6.07) is 3.94. The number of pyridine rings is 1. The first-order chi connectivity index (χ1) is 10.6. The fourth-order valence-corrected chi connectivity index (χ4v) is 3.62. The van der Waals surface area contributed by atoms with Gasteiger partial charge in [-0.3, -0.25) is 14.7 Å². The Morgan fingerprint density at radius 1 is 1.32 bits per heavy atom. The SMILES string of the molecule is CCCCC1=NC2(CCCC2)C(=O)N1Cc1ccc(Br)nc1. The van der Waals surface area contributed by atoms with Crippen molar-refractivity contribution in [3.8, 4) is 0 Å². The van der Waals surface area contributed by atoms with Crippen LogP contribution in [0.5, 0.6) is 0 Å². The van der Waals surface area contributed by atoms with E-state index in [9.17, 15) is 4.79 Å². The summed E-state index contributed by atoms with van der Waals surface area (Å²) in [6.07, 6.45) is 8.98. The molecule has 3 rings (SSSR count). The van der Waals surface area contributed by atoms with Crippen molar-refractivity contribution < 1.29 is 4.79 Å². The van der Waals surface area contributed by atoms with Crippen LogP contribution in [0.3, 0.4) is 0 Å². The second-order valence-corrected chi connectivity index (χ2v) is 7.06. The zero-order valence-electron chi connectivity index (χ0n) is 13.0. The molecule has 1 aliphatic heterocycles. The second kappa shape index (κ2) is 6.49. The molecule has 1 aliphatic carbocycles. The summed E-state index contributed by atoms with van der Waals surface area (Å²) in [4.78, 5) is 24.0. The number of amidine groups is 1. The van der Waals surface area contributed by atoms with Gasteiger partial charge in [0.1, 0.15) is 16.0 Å². The summed E-state index contributed by atoms with van der Waals surface area (Å²) in [5, 5.41) is 0. The van der Waals surface area contributed by atoms with Gasteiger partial charge in [0.25, 0.3) is 5.91 Å². The van der Waals surface area contributed by atoms with Crippen LogP contribution < -0.4 is 0 Å². The highest BCUT2D eigenvalue weighted by Crippen LogP contribution is 2.40. The molecule has 0 radical (unpaired) electrons. The van der Waals surface area contributed by atoms with Gasteiger partial charge in [0.05, 0.1) is 6.54 Å². The van der Waals surface area contributed by atoms with Gasteiger partial charge in [-0.1, -0.05) is 32.3 Å². The Balaban J connectivity index is 1.82. The monoisotopic (exact) mass is 363 g/mol. The van der Waals surface area contributed by atoms with Crippen LogP contribution in [-0.4, -0.2) is 27.2 Å². The van der Waals surface area contributed by atoms with E-state index in [1.165, 1.54) is 0 Å². The molecule has 1 aromatic rings. The molecule has 0 bridgehead atoms. The molecule has 2 aliphatic rings. The molecule has 22 heavy (non-hydrogen) atoms. The van der Waals surface area contributed by atoms with Crippen LogP contribution in [0.2, 0.25) is 0 Å². The van der Waals surface area contributed by atoms with Crippen LogP contribution in [0.1, 0.15) is 57.4 Å². The number of hydrogen-bond acceptors (Lipinski definition) is 3. The standard InChI is InChI=1S/C17H22BrN3O/c1-2-3-6-15-20-17(9-4-5-10-17)16(22)21(15)12-13-7-8-14(18)19-11-13/h7-8,11H,2-6,9-10,12H2,1H3. The van der Waals surface area contributed by atoms with E-state index in [0.717, 1.165) is 60.9 Å². The van der Waals surface area contributed by atoms with Crippen molar-refractivity contribution in [1.29, 1.82) is 0 Å². The molecule has 1 saturated carbocycles. The van der Waals surface area contributed by atoms with E-state index in [4.69, 9.17) is 4.99 Å². The predicted molar refractivity (Wildman–Crippen MR) is 90.6 cm³/mol. The first-order valence-electron chi connectivity index (χ1n) is 8.16. The lowest BCUT2D eigenvalue weighted by Gasteiger charge is -2.22. The molecule has 1 spiro atoms. The molecular weight excluding hydrogens is 342 g/mol. The average Bonchev–Trinajstić information content (AvgIpc) is 3.09. The van der Waals surface area contributed by atoms with E-state index >= 15 is 0 Å². The van der Waals surface area contributed by atoms with Gasteiger partial charge in [-0.15, -0.1) is 0 Å². The van der Waals surface area contributed by atoms with Gasteiger partial charge < -0.3 is 0 Å². The normalized spacial score (nSPS) is 20.0. The van der Waals surface area contributed by atoms with Gasteiger partial charge in [-0.05, 0) is 46.8 Å². The van der Waals surface area contributed by atoms with E-state index in [1.807, 2.05) is 23.2 Å². The Labute approximate surface area is 140 Å². The molecule has 2 heterocycles. The van der Waals surface area contributed by atoms with Gasteiger partial charge in [0.2, 0.25) is 0 Å². The van der Waals surface area contributed by atoms with E-state index in [2.05, 4.69) is 27.8 Å². The summed E-state index contributed by atoms with van der Waals surface area (Å²) in [5.41, 5.74) is 0.613. The Kier molecular flexibility index (Phi) is 4.62. The number of unbranched alkanes of at least 4 members (excludes halogenated alkanes) is 1. The summed E-state index contributed by atoms with van der Waals surface area (Å²) < 4.78 is 0.816. The lowest BCUT2D eigenvalue weighted by Crippen LogP contribution is -2.40. The summed E-state index contributed by atoms with van der Waals surface area (Å²) in [5.74, 6) is 1.19. The third-order valence-corrected chi connectivity index (χ3v) is 5.08. The molecule has 118 valence electrons. The van der Waals surface area contributed by atoms with Crippen LogP contribution in [0.4, 0.5) is 0 Å². The zero-order valence-corrected chi connectivity index (χ0v) is 14.6. The maximum atomic E-state index is 13.0. The third kappa shape index (κ3) is 2.96. The van der Waals surface area contributed by atoms with Crippen LogP contribution in [0, 0.1) is 0 Å². The molecular formula is C17H22BrN3O. The van der Waals surface area contributed by atoms with Crippen molar-refractivity contribution in [2.75, 3.05) is 0 Å². The van der Waals surface area contributed by atoms with Crippen molar-refractivity contribution in [2.24, 2.45) is 4.99 Å². The molecule has 0 unspecified atom stereocenters. The number of rotatable bonds is 5. The highest BCUT2D eigenvalue weighted by Gasteiger charge is 2.49. The van der Waals surface area contributed by atoms with Gasteiger partial charge in [-0.25, -0.2) is 4.98 Å². The largest absolute Gasteiger partial charge is 0.294 e. The summed E-state index contributed by atoms with van der Waals surface area (Å²) in [7, 11) is 0. The molecule has 0 saturated heterocycles. The summed E-state index contributed by atoms with van der Waals surface area (Å²) >= 11 is 3.35. The van der Waals surface area contributed by atoms with Crippen molar-refractivity contribution in [1.82, 2.24) is 9.88 Å². The van der Waals surface area contributed by atoms with E-state index in [-0.39, 0.29) is 5.91 Å². The highest BCUT2D eigenvalue weighted by molar-refractivity contribution is 9.10. The number of amides is 1. The number of aromatic nitrogens is 1. The Morgan fingerprint density at radius 2 is 2.09 bits per heavy atom. The number of hydrogen-bond donors (Lipinski definition) is 0. The number of halogens is 1. The molecule has 5 heteroatoms. The highest BCUT2D eigenvalue weighted by atomic mass is 79.9. The Bertz CT molecular complexity index is 576. The first-order valence-corrected chi connectivity index (χ1v) is 8.95. The van der Waals surface area contributed by atoms with Crippen LogP contribution in [0.15, 0.2) is 27.9 Å². The van der Waals surface area contributed by atoms with Crippen molar-refractivity contribution in [3.05, 3.63) is 28.5 Å². The van der Waals surface area contributed by atoms with Gasteiger partial charge in [0.15, 0.2) is 0 Å². The third-order valence-electron chi connectivity index (χ3n) is 4.61. The Hall–Kier alpha value is -1.23. The zero-order chi connectivity index (χ0) is 15.6. The van der Waals surface area contributed by atoms with Crippen LogP contribution in [-0.2, 0) is 11.3 Å². The van der Waals surface area contributed by atoms with Crippen molar-refractivity contribution in [2.45, 2.75) is 64.0 Å². The second-order valence-electron chi connectivity index (χ2n) is 6.25. The lowest BCUT2D eigenvalue weighted by molar-refractivity contribution is -0.131. The molecule has 0 atom stereocenters. The smallest absolute Gasteiger partial charge is 0.256 e. The molecule has 4 nitrogen and oxygen atoms in total. The topological polar surface area (TPSA) is 45.6 Å². The summed E-state index contributed by atoms with van der Waals surface area (Å²) in [6.45, 7) is 2.76. The van der Waals surface area contributed by atoms with Crippen molar-refractivity contribution in [3.63, 3.8) is 0 Å². The van der Waals surface area contributed by atoms with Gasteiger partial charge >= 0.3 is 0 Å². The quantitative estimate of drug-likeness (QED) is 0.739. The fraction of sp³-hybridized carbons (Fsp3) is 0.588. The molecule has 1 amide bonds. The van der Waals surface area contributed by atoms with Crippen LogP contribution >= 0.6 is 15.9 Å². The molecule has 1 fully saturated rings. The van der Waals surface area contributed by atoms with E-state index in [1.54, 1.807) is 0 Å². The van der Waals surface area contributed by atoms with Gasteiger partial charge in [-0.2, -0.15) is 0 Å². The minimum absolute atomic E-state index is 0.207. The fourth-order valence-electron chi connectivity index (χ4n) is 3.38. The van der Waals surface area contributed by atoms with E-state index in [0.29, 0.717) is 6.54 Å². The van der Waals surface area contributed by atoms with E-state index < -0.39 is 5.54 Å². The van der Waals surface area contributed by atoms with Gasteiger partial charge in [0, 0.05) is 12.6 Å². The Morgan fingerprint density at radius 3 is 2.73 bits per heavy atom. The maximum absolute atomic E-state index is 13.0. The lowest BCUT2D eigenvalue weighted by atomic mass is 9.98.